The van der Waals surface area contributed by atoms with Crippen molar-refractivity contribution in [2.45, 2.75) is 37.4 Å². The van der Waals surface area contributed by atoms with Crippen LogP contribution in [0.2, 0.25) is 0 Å². The van der Waals surface area contributed by atoms with Crippen LogP contribution in [-0.2, 0) is 18.9 Å². The Kier molecular flexibility index (Phi) is 9.40. The van der Waals surface area contributed by atoms with E-state index in [0.717, 1.165) is 0 Å². The molecule has 9 heteroatoms. The van der Waals surface area contributed by atoms with Crippen LogP contribution in [0.15, 0.2) is 85.2 Å². The van der Waals surface area contributed by atoms with Crippen LogP contribution < -0.4 is 10.3 Å². The summed E-state index contributed by atoms with van der Waals surface area (Å²) < 4.78 is 25.5. The Bertz CT molecular complexity index is 1320. The molecule has 2 heterocycles. The first kappa shape index (κ1) is 27.5. The van der Waals surface area contributed by atoms with Gasteiger partial charge in [0.25, 0.3) is 5.91 Å². The predicted octanol–water partition coefficient (Wildman–Crippen LogP) is 2.85. The van der Waals surface area contributed by atoms with E-state index in [0.29, 0.717) is 24.0 Å². The van der Waals surface area contributed by atoms with Crippen LogP contribution in [0.3, 0.4) is 0 Å². The van der Waals surface area contributed by atoms with E-state index in [9.17, 15) is 14.4 Å². The van der Waals surface area contributed by atoms with Crippen molar-refractivity contribution >= 4 is 17.8 Å². The van der Waals surface area contributed by atoms with Gasteiger partial charge in [-0.25, -0.2) is 9.59 Å². The number of hydrogen-bond acceptors (Lipinski definition) is 7. The average molecular weight is 530 g/mol. The number of unbranched alkanes of at least 4 members (excludes halogenated alkanes) is 1. The van der Waals surface area contributed by atoms with Gasteiger partial charge in [0, 0.05) is 19.1 Å². The fraction of sp³-hybridized carbons (Fsp3) is 0.267. The number of rotatable bonds is 11. The van der Waals surface area contributed by atoms with E-state index in [1.807, 2.05) is 0 Å². The average Bonchev–Trinajstić information content (AvgIpc) is 3.31. The second kappa shape index (κ2) is 13.3. The topological polar surface area (TPSA) is 118 Å². The molecule has 1 aromatic heterocycles. The molecule has 2 aromatic carbocycles. The molecule has 1 amide bonds. The van der Waals surface area contributed by atoms with Gasteiger partial charge in [-0.15, -0.1) is 12.3 Å². The summed E-state index contributed by atoms with van der Waals surface area (Å²) in [4.78, 5) is 37.6. The zero-order valence-corrected chi connectivity index (χ0v) is 21.2. The molecule has 4 rings (SSSR count). The van der Waals surface area contributed by atoms with E-state index >= 15 is 0 Å². The molecule has 9 nitrogen and oxygen atoms in total. The van der Waals surface area contributed by atoms with Crippen molar-refractivity contribution in [1.82, 2.24) is 0 Å². The Morgan fingerprint density at radius 1 is 0.897 bits per heavy atom. The van der Waals surface area contributed by atoms with Crippen LogP contribution >= 0.6 is 0 Å². The molecule has 0 saturated carbocycles. The van der Waals surface area contributed by atoms with Crippen molar-refractivity contribution in [3.63, 3.8) is 0 Å². The lowest BCUT2D eigenvalue weighted by molar-refractivity contribution is -0.765. The van der Waals surface area contributed by atoms with Gasteiger partial charge in [0.15, 0.2) is 12.4 Å². The van der Waals surface area contributed by atoms with E-state index in [4.69, 9.17) is 31.1 Å². The first-order chi connectivity index (χ1) is 19.0. The Morgan fingerprint density at radius 3 is 2.18 bits per heavy atom. The van der Waals surface area contributed by atoms with E-state index in [1.54, 1.807) is 83.6 Å². The summed E-state index contributed by atoms with van der Waals surface area (Å²) in [6.45, 7) is 0.0962. The molecule has 0 unspecified atom stereocenters. The smallest absolute Gasteiger partial charge is 0.338 e. The molecule has 2 N–H and O–H groups in total. The summed E-state index contributed by atoms with van der Waals surface area (Å²) in [5.41, 5.74) is 6.44. The minimum atomic E-state index is -0.961. The van der Waals surface area contributed by atoms with Crippen LogP contribution in [0, 0.1) is 12.3 Å². The highest BCUT2D eigenvalue weighted by Crippen LogP contribution is 2.32. The minimum absolute atomic E-state index is 0.167. The summed E-state index contributed by atoms with van der Waals surface area (Å²) in [6, 6.07) is 20.3. The summed E-state index contributed by atoms with van der Waals surface area (Å²) >= 11 is 0. The number of benzene rings is 2. The zero-order chi connectivity index (χ0) is 27.6. The highest BCUT2D eigenvalue weighted by Gasteiger charge is 2.53. The third-order valence-electron chi connectivity index (χ3n) is 6.10. The molecule has 0 aliphatic carbocycles. The number of nitrogens with two attached hydrogens (primary N) is 1. The van der Waals surface area contributed by atoms with Gasteiger partial charge in [0.1, 0.15) is 24.4 Å². The van der Waals surface area contributed by atoms with Crippen molar-refractivity contribution in [2.24, 2.45) is 5.73 Å². The van der Waals surface area contributed by atoms with Gasteiger partial charge in [-0.05, 0) is 36.8 Å². The number of hydrogen-bond donors (Lipinski definition) is 1. The fourth-order valence-electron chi connectivity index (χ4n) is 4.18. The van der Waals surface area contributed by atoms with Crippen molar-refractivity contribution in [2.75, 3.05) is 13.2 Å². The van der Waals surface area contributed by atoms with Gasteiger partial charge >= 0.3 is 18.2 Å². The van der Waals surface area contributed by atoms with Gasteiger partial charge < -0.3 is 24.7 Å². The largest absolute Gasteiger partial charge is 0.459 e. The van der Waals surface area contributed by atoms with E-state index < -0.39 is 42.4 Å². The Labute approximate surface area is 226 Å². The van der Waals surface area contributed by atoms with Crippen LogP contribution in [0.25, 0.3) is 0 Å². The lowest BCUT2D eigenvalue weighted by Gasteiger charge is -2.23. The van der Waals surface area contributed by atoms with Gasteiger partial charge in [-0.2, -0.15) is 4.57 Å². The number of pyridine rings is 1. The van der Waals surface area contributed by atoms with Gasteiger partial charge in [-0.1, -0.05) is 36.4 Å². The molecule has 0 radical (unpaired) electrons. The number of nitrogens with zero attached hydrogens (tertiary/aromatic N) is 1. The molecule has 1 saturated heterocycles. The standard InChI is InChI=1S/C30H28N2O7/c1-2-3-10-18-36-25-24(20-37-29(34)21-12-6-4-7-13-21)38-28(32-17-11-16-23(19-32)27(31)33)26(25)39-30(35)22-14-8-5-9-15-22/h1,4-9,11-17,19,24-26,28H,3,10,18,20H2,(H-,31,33)/p+1/t24-,25-,26-,28-/m1/s1. The maximum Gasteiger partial charge on any atom is 0.338 e. The number of esters is 2. The molecule has 4 atom stereocenters. The number of terminal acetylenes is 1. The molecule has 1 fully saturated rings. The highest BCUT2D eigenvalue weighted by atomic mass is 16.6. The van der Waals surface area contributed by atoms with Crippen molar-refractivity contribution in [3.05, 3.63) is 102 Å². The normalized spacial score (nSPS) is 20.1. The molecule has 39 heavy (non-hydrogen) atoms. The van der Waals surface area contributed by atoms with E-state index in [-0.39, 0.29) is 18.8 Å². The minimum Gasteiger partial charge on any atom is -0.459 e. The third-order valence-corrected chi connectivity index (χ3v) is 6.10. The SMILES string of the molecule is C#CCCCO[C@H]1[C@@H](OC(=O)c2ccccc2)[C@H]([n+]2cccc(C(N)=O)c2)O[C@@H]1COC(=O)c1ccccc1. The lowest BCUT2D eigenvalue weighted by Crippen LogP contribution is -2.48. The van der Waals surface area contributed by atoms with Crippen LogP contribution in [0.4, 0.5) is 0 Å². The lowest BCUT2D eigenvalue weighted by atomic mass is 10.1. The van der Waals surface area contributed by atoms with E-state index in [1.165, 1.54) is 6.20 Å². The number of carbonyl (C=O) groups is 3. The molecular formula is C30H29N2O7+. The monoisotopic (exact) mass is 529 g/mol. The summed E-state index contributed by atoms with van der Waals surface area (Å²) in [5, 5.41) is 0. The van der Waals surface area contributed by atoms with Crippen LogP contribution in [0.1, 0.15) is 50.1 Å². The van der Waals surface area contributed by atoms with Crippen LogP contribution in [0.5, 0.6) is 0 Å². The Morgan fingerprint density at radius 2 is 1.54 bits per heavy atom. The molecule has 200 valence electrons. The number of amides is 1. The fourth-order valence-corrected chi connectivity index (χ4v) is 4.18. The second-order valence-corrected chi connectivity index (χ2v) is 8.81. The summed E-state index contributed by atoms with van der Waals surface area (Å²) in [7, 11) is 0. The number of ether oxygens (including phenoxy) is 4. The predicted molar refractivity (Wildman–Crippen MR) is 139 cm³/mol. The van der Waals surface area contributed by atoms with Crippen molar-refractivity contribution < 1.29 is 37.9 Å². The Hall–Kier alpha value is -4.52. The maximum absolute atomic E-state index is 13.1. The van der Waals surface area contributed by atoms with E-state index in [2.05, 4.69) is 5.92 Å². The molecule has 1 aliphatic rings. The van der Waals surface area contributed by atoms with Crippen molar-refractivity contribution in [1.29, 1.82) is 0 Å². The molecule has 0 bridgehead atoms. The first-order valence-electron chi connectivity index (χ1n) is 12.5. The second-order valence-electron chi connectivity index (χ2n) is 8.81. The number of primary amides is 1. The zero-order valence-electron chi connectivity index (χ0n) is 21.2. The Balaban J connectivity index is 1.63. The summed E-state index contributed by atoms with van der Waals surface area (Å²) in [5.74, 6) is 0.820. The molecular weight excluding hydrogens is 500 g/mol. The number of carbonyl (C=O) groups excluding carboxylic acids is 3. The number of aromatic nitrogens is 1. The molecule has 3 aromatic rings. The van der Waals surface area contributed by atoms with Gasteiger partial charge in [0.2, 0.25) is 6.10 Å². The van der Waals surface area contributed by atoms with Crippen molar-refractivity contribution in [3.8, 4) is 12.3 Å². The summed E-state index contributed by atoms with van der Waals surface area (Å²) in [6.07, 6.45) is 6.13. The van der Waals surface area contributed by atoms with Gasteiger partial charge in [-0.3, -0.25) is 4.79 Å². The molecule has 0 spiro atoms. The maximum atomic E-state index is 13.1. The van der Waals surface area contributed by atoms with Gasteiger partial charge in [0.05, 0.1) is 11.1 Å². The highest BCUT2D eigenvalue weighted by molar-refractivity contribution is 5.92. The first-order valence-corrected chi connectivity index (χ1v) is 12.5. The molecule has 1 aliphatic heterocycles. The third kappa shape index (κ3) is 7.08. The quantitative estimate of drug-likeness (QED) is 0.176. The van der Waals surface area contributed by atoms with Crippen LogP contribution in [-0.4, -0.2) is 49.4 Å².